The van der Waals surface area contributed by atoms with Gasteiger partial charge >= 0.3 is 0 Å². The Morgan fingerprint density at radius 2 is 1.92 bits per heavy atom. The highest BCUT2D eigenvalue weighted by molar-refractivity contribution is 14.1. The Morgan fingerprint density at radius 3 is 2.31 bits per heavy atom. The van der Waals surface area contributed by atoms with Gasteiger partial charge in [0.05, 0.1) is 13.2 Å². The van der Waals surface area contributed by atoms with Crippen LogP contribution in [0.2, 0.25) is 0 Å². The summed E-state index contributed by atoms with van der Waals surface area (Å²) < 4.78 is 12.5. The average Bonchev–Trinajstić information content (AvgIpc) is 2.10. The minimum atomic E-state index is -0.517. The molecule has 0 spiro atoms. The van der Waals surface area contributed by atoms with Crippen LogP contribution in [0.5, 0.6) is 0 Å². The molecular formula is C10H17IO2. The van der Waals surface area contributed by atoms with Gasteiger partial charge in [0.25, 0.3) is 0 Å². The predicted molar refractivity (Wildman–Crippen MR) is 62.1 cm³/mol. The lowest BCUT2D eigenvalue weighted by atomic mass is 9.94. The van der Waals surface area contributed by atoms with E-state index in [1.54, 1.807) is 6.08 Å². The molecular weight excluding hydrogens is 279 g/mol. The maximum absolute atomic E-state index is 5.73. The molecule has 3 heteroatoms. The fraction of sp³-hybridized carbons (Fsp3) is 0.800. The van der Waals surface area contributed by atoms with Crippen molar-refractivity contribution in [2.45, 2.75) is 26.1 Å². The zero-order valence-electron chi connectivity index (χ0n) is 8.31. The van der Waals surface area contributed by atoms with Gasteiger partial charge in [0.2, 0.25) is 0 Å². The van der Waals surface area contributed by atoms with Crippen molar-refractivity contribution in [3.05, 3.63) is 12.7 Å². The van der Waals surface area contributed by atoms with E-state index in [1.807, 2.05) is 0 Å². The second kappa shape index (κ2) is 4.28. The molecule has 1 aliphatic heterocycles. The van der Waals surface area contributed by atoms with Crippen LogP contribution in [0.1, 0.15) is 20.3 Å². The van der Waals surface area contributed by atoms with Crippen molar-refractivity contribution in [1.29, 1.82) is 0 Å². The van der Waals surface area contributed by atoms with Crippen molar-refractivity contribution in [2.75, 3.05) is 17.6 Å². The molecule has 0 amide bonds. The van der Waals surface area contributed by atoms with Gasteiger partial charge in [-0.3, -0.25) is 0 Å². The molecule has 0 aromatic heterocycles. The van der Waals surface area contributed by atoms with Crippen LogP contribution in [0.4, 0.5) is 0 Å². The average molecular weight is 296 g/mol. The molecule has 0 unspecified atom stereocenters. The Kier molecular flexibility index (Phi) is 3.77. The van der Waals surface area contributed by atoms with Gasteiger partial charge in [-0.25, -0.2) is 0 Å². The summed E-state index contributed by atoms with van der Waals surface area (Å²) in [5, 5.41) is 0. The van der Waals surface area contributed by atoms with Crippen LogP contribution in [-0.4, -0.2) is 23.4 Å². The minimum Gasteiger partial charge on any atom is -0.346 e. The van der Waals surface area contributed by atoms with Gasteiger partial charge < -0.3 is 9.47 Å². The van der Waals surface area contributed by atoms with Crippen LogP contribution in [-0.2, 0) is 9.47 Å². The van der Waals surface area contributed by atoms with Gasteiger partial charge in [-0.1, -0.05) is 43.0 Å². The van der Waals surface area contributed by atoms with Crippen LogP contribution < -0.4 is 0 Å². The first-order chi connectivity index (χ1) is 6.04. The van der Waals surface area contributed by atoms with Crippen LogP contribution >= 0.6 is 22.6 Å². The molecule has 0 N–H and O–H groups in total. The first-order valence-electron chi connectivity index (χ1n) is 4.51. The number of alkyl halides is 1. The summed E-state index contributed by atoms with van der Waals surface area (Å²) in [6.07, 6.45) is 2.66. The zero-order valence-corrected chi connectivity index (χ0v) is 10.5. The lowest BCUT2D eigenvalue weighted by Crippen LogP contribution is -2.46. The molecule has 76 valence electrons. The van der Waals surface area contributed by atoms with Gasteiger partial charge in [0.15, 0.2) is 5.79 Å². The number of rotatable bonds is 3. The largest absolute Gasteiger partial charge is 0.346 e. The lowest BCUT2D eigenvalue weighted by Gasteiger charge is -2.41. The Hall–Kier alpha value is 0.390. The van der Waals surface area contributed by atoms with Gasteiger partial charge in [0.1, 0.15) is 0 Å². The molecule has 1 aliphatic rings. The lowest BCUT2D eigenvalue weighted by molar-refractivity contribution is -0.271. The second-order valence-corrected chi connectivity index (χ2v) is 5.28. The molecule has 0 aliphatic carbocycles. The summed E-state index contributed by atoms with van der Waals surface area (Å²) in [5.41, 5.74) is 0.137. The van der Waals surface area contributed by atoms with E-state index < -0.39 is 5.79 Å². The number of halogens is 1. The molecule has 0 atom stereocenters. The van der Waals surface area contributed by atoms with Crippen LogP contribution in [0, 0.1) is 5.41 Å². The molecule has 1 heterocycles. The van der Waals surface area contributed by atoms with E-state index >= 15 is 0 Å². The summed E-state index contributed by atoms with van der Waals surface area (Å²) in [6, 6.07) is 0. The second-order valence-electron chi connectivity index (χ2n) is 4.20. The van der Waals surface area contributed by atoms with Gasteiger partial charge in [-0.15, -0.1) is 0 Å². The number of hydrogen-bond acceptors (Lipinski definition) is 2. The number of ether oxygens (including phenoxy) is 2. The Morgan fingerprint density at radius 1 is 1.38 bits per heavy atom. The maximum Gasteiger partial charge on any atom is 0.188 e. The van der Waals surface area contributed by atoms with E-state index in [1.165, 1.54) is 0 Å². The predicted octanol–water partition coefficient (Wildman–Crippen LogP) is 2.77. The molecule has 13 heavy (non-hydrogen) atoms. The Balaban J connectivity index is 2.57. The Bertz CT molecular complexity index is 179. The highest BCUT2D eigenvalue weighted by Crippen LogP contribution is 2.32. The van der Waals surface area contributed by atoms with Crippen LogP contribution in [0.3, 0.4) is 0 Å². The van der Waals surface area contributed by atoms with Crippen LogP contribution in [0.15, 0.2) is 12.7 Å². The third-order valence-electron chi connectivity index (χ3n) is 2.17. The molecule has 0 aromatic rings. The van der Waals surface area contributed by atoms with Crippen molar-refractivity contribution in [1.82, 2.24) is 0 Å². The van der Waals surface area contributed by atoms with Crippen LogP contribution in [0.25, 0.3) is 0 Å². The first-order valence-corrected chi connectivity index (χ1v) is 6.04. The van der Waals surface area contributed by atoms with E-state index in [4.69, 9.17) is 9.47 Å². The van der Waals surface area contributed by atoms with Crippen molar-refractivity contribution in [3.8, 4) is 0 Å². The van der Waals surface area contributed by atoms with Crippen molar-refractivity contribution < 1.29 is 9.47 Å². The molecule has 1 rings (SSSR count). The SMILES string of the molecule is C=CC1(CCI)OCC(C)(C)CO1. The van der Waals surface area contributed by atoms with Gasteiger partial charge in [-0.2, -0.15) is 0 Å². The fourth-order valence-electron chi connectivity index (χ4n) is 1.21. The highest BCUT2D eigenvalue weighted by Gasteiger charge is 2.37. The van der Waals surface area contributed by atoms with E-state index in [0.29, 0.717) is 0 Å². The van der Waals surface area contributed by atoms with Gasteiger partial charge in [-0.05, 0) is 6.08 Å². The molecule has 0 aromatic carbocycles. The van der Waals surface area contributed by atoms with Crippen molar-refractivity contribution in [2.24, 2.45) is 5.41 Å². The van der Waals surface area contributed by atoms with Crippen molar-refractivity contribution >= 4 is 22.6 Å². The summed E-state index contributed by atoms with van der Waals surface area (Å²) >= 11 is 2.32. The maximum atomic E-state index is 5.73. The standard InChI is InChI=1S/C10H17IO2/c1-4-10(5-6-11)12-7-9(2,3)8-13-10/h4H,1,5-8H2,2-3H3. The normalized spacial score (nSPS) is 25.5. The summed E-state index contributed by atoms with van der Waals surface area (Å²) in [5.74, 6) is -0.517. The fourth-order valence-corrected chi connectivity index (χ4v) is 1.97. The topological polar surface area (TPSA) is 18.5 Å². The van der Waals surface area contributed by atoms with E-state index in [0.717, 1.165) is 24.1 Å². The van der Waals surface area contributed by atoms with Gasteiger partial charge in [0, 0.05) is 16.3 Å². The smallest absolute Gasteiger partial charge is 0.188 e. The molecule has 0 radical (unpaired) electrons. The first kappa shape index (κ1) is 11.5. The van der Waals surface area contributed by atoms with E-state index in [-0.39, 0.29) is 5.41 Å². The summed E-state index contributed by atoms with van der Waals surface area (Å²) in [4.78, 5) is 0. The third kappa shape index (κ3) is 2.92. The molecule has 0 saturated carbocycles. The van der Waals surface area contributed by atoms with Crippen molar-refractivity contribution in [3.63, 3.8) is 0 Å². The quantitative estimate of drug-likeness (QED) is 0.453. The molecule has 1 saturated heterocycles. The summed E-state index contributed by atoms with van der Waals surface area (Å²) in [7, 11) is 0. The summed E-state index contributed by atoms with van der Waals surface area (Å²) in [6.45, 7) is 9.55. The highest BCUT2D eigenvalue weighted by atomic mass is 127. The monoisotopic (exact) mass is 296 g/mol. The van der Waals surface area contributed by atoms with E-state index in [9.17, 15) is 0 Å². The number of hydrogen-bond donors (Lipinski definition) is 0. The Labute approximate surface area is 93.8 Å². The minimum absolute atomic E-state index is 0.137. The third-order valence-corrected chi connectivity index (χ3v) is 2.71. The molecule has 2 nitrogen and oxygen atoms in total. The molecule has 1 fully saturated rings. The zero-order chi connectivity index (χ0) is 9.95. The molecule has 0 bridgehead atoms. The van der Waals surface area contributed by atoms with E-state index in [2.05, 4.69) is 43.0 Å².